The molecule has 13 heteroatoms. The highest BCUT2D eigenvalue weighted by molar-refractivity contribution is 5.89. The summed E-state index contributed by atoms with van der Waals surface area (Å²) in [5, 5.41) is 3.26. The number of hydrogen-bond donors (Lipinski definition) is 1. The molecule has 0 radical (unpaired) electrons. The maximum atomic E-state index is 13.5. The minimum Gasteiger partial charge on any atom is -0.460 e. The van der Waals surface area contributed by atoms with Gasteiger partial charge in [-0.3, -0.25) is 4.79 Å². The number of ether oxygens (including phenoxy) is 5. The zero-order chi connectivity index (χ0) is 28.6. The molecule has 8 nitrogen and oxygen atoms in total. The number of unbranched alkanes of at least 4 members (excludes halogenated alkanes) is 1. The van der Waals surface area contributed by atoms with Crippen LogP contribution in [0.5, 0.6) is 5.75 Å². The predicted molar refractivity (Wildman–Crippen MR) is 129 cm³/mol. The average Bonchev–Trinajstić information content (AvgIpc) is 2.94. The number of carbonyl (C=O) groups excluding carboxylic acids is 2. The van der Waals surface area contributed by atoms with Crippen molar-refractivity contribution in [2.24, 2.45) is 0 Å². The van der Waals surface area contributed by atoms with E-state index in [1.165, 1.54) is 0 Å². The molecule has 2 aromatic rings. The Bertz CT molecular complexity index is 1040. The fraction of sp³-hybridized carbons (Fsp3) is 0.462. The third kappa shape index (κ3) is 10.8. The fourth-order valence-electron chi connectivity index (χ4n) is 2.95. The molecule has 0 heterocycles. The molecule has 216 valence electrons. The highest BCUT2D eigenvalue weighted by Crippen LogP contribution is 2.29. The number of anilines is 1. The second-order valence-corrected chi connectivity index (χ2v) is 7.95. The molecular weight excluding hydrogens is 533 g/mol. The molecule has 0 saturated carbocycles. The third-order valence-electron chi connectivity index (χ3n) is 5.02. The first-order valence-electron chi connectivity index (χ1n) is 12.2. The zero-order valence-corrected chi connectivity index (χ0v) is 21.3. The van der Waals surface area contributed by atoms with E-state index in [0.717, 1.165) is 25.1 Å². The van der Waals surface area contributed by atoms with Crippen LogP contribution in [0.2, 0.25) is 0 Å². The normalized spacial score (nSPS) is 10.9. The van der Waals surface area contributed by atoms with E-state index in [-0.39, 0.29) is 46.2 Å². The van der Waals surface area contributed by atoms with Crippen molar-refractivity contribution in [1.82, 2.24) is 0 Å². The number of nitrogens with one attached hydrogen (secondary N) is 1. The van der Waals surface area contributed by atoms with Gasteiger partial charge in [0.15, 0.2) is 0 Å². The van der Waals surface area contributed by atoms with Gasteiger partial charge in [0.2, 0.25) is 34.8 Å². The monoisotopic (exact) mass is 563 g/mol. The van der Waals surface area contributed by atoms with Gasteiger partial charge >= 0.3 is 11.9 Å². The van der Waals surface area contributed by atoms with Crippen molar-refractivity contribution in [3.05, 3.63) is 58.9 Å². The fourth-order valence-corrected chi connectivity index (χ4v) is 2.95. The first-order valence-corrected chi connectivity index (χ1v) is 12.2. The van der Waals surface area contributed by atoms with Gasteiger partial charge in [-0.25, -0.2) is 18.0 Å². The largest absolute Gasteiger partial charge is 0.460 e. The highest BCUT2D eigenvalue weighted by Gasteiger charge is 2.28. The summed E-state index contributed by atoms with van der Waals surface area (Å²) in [5.41, 5.74) is 1.37. The van der Waals surface area contributed by atoms with Crippen LogP contribution in [0.4, 0.5) is 27.6 Å². The maximum absolute atomic E-state index is 13.5. The molecule has 0 unspecified atom stereocenters. The Balaban J connectivity index is 1.47. The molecule has 0 bridgehead atoms. The van der Waals surface area contributed by atoms with Crippen molar-refractivity contribution < 1.29 is 55.2 Å². The number of rotatable bonds is 18. The van der Waals surface area contributed by atoms with Crippen LogP contribution < -0.4 is 10.1 Å². The summed E-state index contributed by atoms with van der Waals surface area (Å²) in [4.78, 5) is 23.6. The Morgan fingerprint density at radius 1 is 0.718 bits per heavy atom. The number of benzene rings is 2. The lowest BCUT2D eigenvalue weighted by Crippen LogP contribution is -2.16. The molecule has 0 saturated heterocycles. The van der Waals surface area contributed by atoms with Crippen LogP contribution in [0.25, 0.3) is 0 Å². The van der Waals surface area contributed by atoms with Crippen molar-refractivity contribution in [3.63, 3.8) is 0 Å². The molecule has 0 aromatic heterocycles. The lowest BCUT2D eigenvalue weighted by Gasteiger charge is -2.09. The van der Waals surface area contributed by atoms with Gasteiger partial charge in [0.25, 0.3) is 0 Å². The highest BCUT2D eigenvalue weighted by atomic mass is 19.2. The van der Waals surface area contributed by atoms with E-state index in [0.29, 0.717) is 5.56 Å². The van der Waals surface area contributed by atoms with Crippen molar-refractivity contribution in [3.8, 4) is 5.75 Å². The van der Waals surface area contributed by atoms with Crippen molar-refractivity contribution in [1.29, 1.82) is 0 Å². The van der Waals surface area contributed by atoms with Gasteiger partial charge in [0.1, 0.15) is 6.61 Å². The molecule has 0 amide bonds. The molecule has 0 aliphatic carbocycles. The van der Waals surface area contributed by atoms with Gasteiger partial charge in [-0.15, -0.1) is 0 Å². The molecule has 2 rings (SSSR count). The first kappa shape index (κ1) is 31.9. The quantitative estimate of drug-likeness (QED) is 0.0691. The van der Waals surface area contributed by atoms with Gasteiger partial charge in [-0.1, -0.05) is 13.3 Å². The van der Waals surface area contributed by atoms with Gasteiger partial charge in [-0.05, 0) is 30.7 Å². The molecule has 0 fully saturated rings. The van der Waals surface area contributed by atoms with Crippen LogP contribution >= 0.6 is 0 Å². The Kier molecular flexibility index (Phi) is 14.2. The maximum Gasteiger partial charge on any atom is 0.338 e. The number of esters is 2. The van der Waals surface area contributed by atoms with Crippen LogP contribution in [-0.2, 0) is 23.7 Å². The Labute approximate surface area is 222 Å². The molecule has 39 heavy (non-hydrogen) atoms. The standard InChI is InChI=1S/C26H30F5NO7/c1-2-3-9-32-18-6-4-17(5-7-18)26(34)38-16-15-37-14-13-36-12-11-35-10-8-19(33)39-25-23(30)21(28)20(27)22(29)24(25)31/h4-7,32H,2-3,8-16H2,1H3. The van der Waals surface area contributed by atoms with Crippen molar-refractivity contribution in [2.45, 2.75) is 26.2 Å². The summed E-state index contributed by atoms with van der Waals surface area (Å²) in [6, 6.07) is 7.00. The molecular formula is C26H30F5NO7. The second-order valence-electron chi connectivity index (χ2n) is 7.95. The summed E-state index contributed by atoms with van der Waals surface area (Å²) in [6.45, 7) is 3.61. The molecule has 0 aliphatic heterocycles. The Morgan fingerprint density at radius 2 is 1.23 bits per heavy atom. The predicted octanol–water partition coefficient (Wildman–Crippen LogP) is 4.80. The molecule has 0 aliphatic rings. The summed E-state index contributed by atoms with van der Waals surface area (Å²) in [6.07, 6.45) is 1.65. The van der Waals surface area contributed by atoms with Crippen LogP contribution in [0.15, 0.2) is 24.3 Å². The van der Waals surface area contributed by atoms with Gasteiger partial charge in [-0.2, -0.15) is 8.78 Å². The van der Waals surface area contributed by atoms with Crippen LogP contribution in [0.3, 0.4) is 0 Å². The Hall–Kier alpha value is -3.29. The lowest BCUT2D eigenvalue weighted by atomic mass is 10.2. The van der Waals surface area contributed by atoms with E-state index in [1.807, 2.05) is 12.1 Å². The lowest BCUT2D eigenvalue weighted by molar-refractivity contribution is -0.136. The number of halogens is 5. The van der Waals surface area contributed by atoms with Crippen LogP contribution in [0.1, 0.15) is 36.5 Å². The van der Waals surface area contributed by atoms with E-state index in [1.54, 1.807) is 12.1 Å². The molecule has 1 N–H and O–H groups in total. The molecule has 0 atom stereocenters. The first-order chi connectivity index (χ1) is 18.8. The Morgan fingerprint density at radius 3 is 1.79 bits per heavy atom. The van der Waals surface area contributed by atoms with E-state index < -0.39 is 53.2 Å². The van der Waals surface area contributed by atoms with Gasteiger partial charge in [0, 0.05) is 12.2 Å². The smallest absolute Gasteiger partial charge is 0.338 e. The van der Waals surface area contributed by atoms with Crippen molar-refractivity contribution >= 4 is 17.6 Å². The topological polar surface area (TPSA) is 92.3 Å². The van der Waals surface area contributed by atoms with Crippen molar-refractivity contribution in [2.75, 3.05) is 58.1 Å². The number of hydrogen-bond acceptors (Lipinski definition) is 8. The minimum atomic E-state index is -2.35. The minimum absolute atomic E-state index is 0.0559. The number of carbonyl (C=O) groups is 2. The summed E-state index contributed by atoms with van der Waals surface area (Å²) in [7, 11) is 0. The zero-order valence-electron chi connectivity index (χ0n) is 21.3. The van der Waals surface area contributed by atoms with Gasteiger partial charge in [0.05, 0.1) is 51.6 Å². The summed E-state index contributed by atoms with van der Waals surface area (Å²) >= 11 is 0. The second kappa shape index (κ2) is 17.3. The summed E-state index contributed by atoms with van der Waals surface area (Å²) < 4.78 is 91.3. The molecule has 0 spiro atoms. The van der Waals surface area contributed by atoms with E-state index >= 15 is 0 Å². The van der Waals surface area contributed by atoms with Crippen LogP contribution in [0, 0.1) is 29.1 Å². The summed E-state index contributed by atoms with van der Waals surface area (Å²) in [5.74, 6) is -14.6. The third-order valence-corrected chi connectivity index (χ3v) is 5.02. The van der Waals surface area contributed by atoms with E-state index in [2.05, 4.69) is 17.0 Å². The van der Waals surface area contributed by atoms with Gasteiger partial charge < -0.3 is 29.0 Å². The van der Waals surface area contributed by atoms with E-state index in [4.69, 9.17) is 18.9 Å². The molecule has 2 aromatic carbocycles. The SMILES string of the molecule is CCCCNc1ccc(C(=O)OCCOCCOCCOCCC(=O)Oc2c(F)c(F)c(F)c(F)c2F)cc1. The van der Waals surface area contributed by atoms with E-state index in [9.17, 15) is 31.5 Å². The van der Waals surface area contributed by atoms with Crippen LogP contribution in [-0.4, -0.2) is 64.7 Å². The average molecular weight is 564 g/mol.